The monoisotopic (exact) mass is 235 g/mol. The Balaban J connectivity index is 1.64. The SMILES string of the molecule is NC1CCc2nnc(CCN3CCCC3)n2C1. The van der Waals surface area contributed by atoms with E-state index in [0.717, 1.165) is 44.0 Å². The van der Waals surface area contributed by atoms with Crippen molar-refractivity contribution in [3.63, 3.8) is 0 Å². The summed E-state index contributed by atoms with van der Waals surface area (Å²) in [5.41, 5.74) is 6.01. The lowest BCUT2D eigenvalue weighted by molar-refractivity contribution is 0.336. The first-order valence-corrected chi connectivity index (χ1v) is 6.72. The molecule has 1 saturated heterocycles. The molecule has 5 nitrogen and oxygen atoms in total. The van der Waals surface area contributed by atoms with Gasteiger partial charge >= 0.3 is 0 Å². The largest absolute Gasteiger partial charge is 0.326 e. The quantitative estimate of drug-likeness (QED) is 0.812. The minimum absolute atomic E-state index is 0.282. The first kappa shape index (κ1) is 11.2. The summed E-state index contributed by atoms with van der Waals surface area (Å²) in [6, 6.07) is 0.282. The van der Waals surface area contributed by atoms with Gasteiger partial charge in [0.25, 0.3) is 0 Å². The molecule has 0 aromatic carbocycles. The van der Waals surface area contributed by atoms with Crippen LogP contribution >= 0.6 is 0 Å². The van der Waals surface area contributed by atoms with Gasteiger partial charge in [0.05, 0.1) is 0 Å². The predicted molar refractivity (Wildman–Crippen MR) is 65.7 cm³/mol. The van der Waals surface area contributed by atoms with Gasteiger partial charge in [-0.2, -0.15) is 0 Å². The maximum Gasteiger partial charge on any atom is 0.134 e. The Morgan fingerprint density at radius 3 is 2.88 bits per heavy atom. The number of nitrogens with zero attached hydrogens (tertiary/aromatic N) is 4. The zero-order chi connectivity index (χ0) is 11.7. The van der Waals surface area contributed by atoms with E-state index in [1.54, 1.807) is 0 Å². The van der Waals surface area contributed by atoms with Crippen LogP contribution in [0.2, 0.25) is 0 Å². The van der Waals surface area contributed by atoms with Crippen molar-refractivity contribution >= 4 is 0 Å². The Labute approximate surface area is 102 Å². The van der Waals surface area contributed by atoms with Gasteiger partial charge in [-0.1, -0.05) is 0 Å². The van der Waals surface area contributed by atoms with Crippen LogP contribution in [0, 0.1) is 0 Å². The van der Waals surface area contributed by atoms with E-state index >= 15 is 0 Å². The van der Waals surface area contributed by atoms with Gasteiger partial charge in [0, 0.05) is 32.0 Å². The van der Waals surface area contributed by atoms with Gasteiger partial charge in [-0.3, -0.25) is 0 Å². The Morgan fingerprint density at radius 1 is 1.24 bits per heavy atom. The molecular weight excluding hydrogens is 214 g/mol. The molecule has 0 radical (unpaired) electrons. The molecule has 0 saturated carbocycles. The van der Waals surface area contributed by atoms with Crippen molar-refractivity contribution in [2.75, 3.05) is 19.6 Å². The molecule has 1 atom stereocenters. The normalized spacial score (nSPS) is 25.1. The first-order valence-electron chi connectivity index (χ1n) is 6.72. The number of likely N-dealkylation sites (tertiary alicyclic amines) is 1. The molecule has 1 unspecified atom stereocenters. The minimum Gasteiger partial charge on any atom is -0.326 e. The van der Waals surface area contributed by atoms with E-state index in [1.807, 2.05) is 0 Å². The van der Waals surface area contributed by atoms with E-state index < -0.39 is 0 Å². The number of hydrogen-bond acceptors (Lipinski definition) is 4. The fourth-order valence-corrected chi connectivity index (χ4v) is 2.86. The van der Waals surface area contributed by atoms with Crippen LogP contribution in [-0.2, 0) is 19.4 Å². The molecule has 3 heterocycles. The predicted octanol–water partition coefficient (Wildman–Crippen LogP) is 0.190. The summed E-state index contributed by atoms with van der Waals surface area (Å²) in [5, 5.41) is 8.60. The Morgan fingerprint density at radius 2 is 2.06 bits per heavy atom. The number of aromatic nitrogens is 3. The fraction of sp³-hybridized carbons (Fsp3) is 0.833. The fourth-order valence-electron chi connectivity index (χ4n) is 2.86. The zero-order valence-electron chi connectivity index (χ0n) is 10.3. The molecule has 17 heavy (non-hydrogen) atoms. The second-order valence-electron chi connectivity index (χ2n) is 5.24. The minimum atomic E-state index is 0.282. The Hall–Kier alpha value is -0.940. The van der Waals surface area contributed by atoms with Crippen LogP contribution in [0.15, 0.2) is 0 Å². The number of hydrogen-bond donors (Lipinski definition) is 1. The van der Waals surface area contributed by atoms with Gasteiger partial charge in [0.2, 0.25) is 0 Å². The van der Waals surface area contributed by atoms with Gasteiger partial charge in [-0.05, 0) is 32.4 Å². The molecule has 0 aliphatic carbocycles. The van der Waals surface area contributed by atoms with Gasteiger partial charge < -0.3 is 15.2 Å². The second-order valence-corrected chi connectivity index (χ2v) is 5.24. The van der Waals surface area contributed by atoms with Crippen molar-refractivity contribution < 1.29 is 0 Å². The molecule has 94 valence electrons. The van der Waals surface area contributed by atoms with E-state index in [2.05, 4.69) is 19.7 Å². The molecule has 2 aliphatic heterocycles. The van der Waals surface area contributed by atoms with Crippen LogP contribution in [0.25, 0.3) is 0 Å². The molecule has 2 aliphatic rings. The zero-order valence-corrected chi connectivity index (χ0v) is 10.3. The van der Waals surface area contributed by atoms with Crippen LogP contribution in [0.4, 0.5) is 0 Å². The van der Waals surface area contributed by atoms with Crippen molar-refractivity contribution in [3.8, 4) is 0 Å². The molecule has 2 N–H and O–H groups in total. The standard InChI is InChI=1S/C12H21N5/c13-10-3-4-11-14-15-12(17(11)9-10)5-8-16-6-1-2-7-16/h10H,1-9,13H2. The van der Waals surface area contributed by atoms with Crippen LogP contribution in [0.1, 0.15) is 30.9 Å². The number of rotatable bonds is 3. The van der Waals surface area contributed by atoms with E-state index in [9.17, 15) is 0 Å². The van der Waals surface area contributed by atoms with Gasteiger partial charge in [-0.15, -0.1) is 10.2 Å². The number of aryl methyl sites for hydroxylation is 1. The summed E-state index contributed by atoms with van der Waals surface area (Å²) in [7, 11) is 0. The molecule has 0 bridgehead atoms. The van der Waals surface area contributed by atoms with E-state index in [-0.39, 0.29) is 6.04 Å². The van der Waals surface area contributed by atoms with Crippen molar-refractivity contribution in [1.29, 1.82) is 0 Å². The highest BCUT2D eigenvalue weighted by atomic mass is 15.3. The molecule has 0 amide bonds. The molecule has 5 heteroatoms. The summed E-state index contributed by atoms with van der Waals surface area (Å²) in [4.78, 5) is 2.52. The van der Waals surface area contributed by atoms with Crippen LogP contribution in [-0.4, -0.2) is 45.3 Å². The summed E-state index contributed by atoms with van der Waals surface area (Å²) in [5.74, 6) is 2.25. The Kier molecular flexibility index (Phi) is 3.11. The molecule has 1 aromatic heterocycles. The van der Waals surface area contributed by atoms with Crippen LogP contribution < -0.4 is 5.73 Å². The highest BCUT2D eigenvalue weighted by Gasteiger charge is 2.21. The van der Waals surface area contributed by atoms with Crippen molar-refractivity contribution in [2.24, 2.45) is 5.73 Å². The lowest BCUT2D eigenvalue weighted by Crippen LogP contribution is -2.33. The maximum absolute atomic E-state index is 6.01. The summed E-state index contributed by atoms with van der Waals surface area (Å²) in [6.07, 6.45) is 5.74. The summed E-state index contributed by atoms with van der Waals surface area (Å²) in [6.45, 7) is 4.52. The molecular formula is C12H21N5. The van der Waals surface area contributed by atoms with Crippen molar-refractivity contribution in [1.82, 2.24) is 19.7 Å². The highest BCUT2D eigenvalue weighted by molar-refractivity contribution is 5.01. The molecule has 1 aromatic rings. The highest BCUT2D eigenvalue weighted by Crippen LogP contribution is 2.15. The Bertz CT molecular complexity index is 380. The summed E-state index contributed by atoms with van der Waals surface area (Å²) < 4.78 is 2.24. The average Bonchev–Trinajstić information content (AvgIpc) is 2.94. The summed E-state index contributed by atoms with van der Waals surface area (Å²) >= 11 is 0. The third kappa shape index (κ3) is 2.35. The van der Waals surface area contributed by atoms with Gasteiger partial charge in [0.15, 0.2) is 0 Å². The first-order chi connectivity index (χ1) is 8.33. The topological polar surface area (TPSA) is 60.0 Å². The van der Waals surface area contributed by atoms with E-state index in [0.29, 0.717) is 0 Å². The third-order valence-electron chi connectivity index (χ3n) is 3.91. The van der Waals surface area contributed by atoms with Crippen LogP contribution in [0.3, 0.4) is 0 Å². The second kappa shape index (κ2) is 4.74. The average molecular weight is 235 g/mol. The van der Waals surface area contributed by atoms with Gasteiger partial charge in [0.1, 0.15) is 11.6 Å². The van der Waals surface area contributed by atoms with Crippen molar-refractivity contribution in [3.05, 3.63) is 11.6 Å². The third-order valence-corrected chi connectivity index (χ3v) is 3.91. The van der Waals surface area contributed by atoms with Crippen molar-refractivity contribution in [2.45, 2.75) is 44.7 Å². The lowest BCUT2D eigenvalue weighted by atomic mass is 10.1. The van der Waals surface area contributed by atoms with E-state index in [1.165, 1.54) is 25.9 Å². The lowest BCUT2D eigenvalue weighted by Gasteiger charge is -2.21. The molecule has 3 rings (SSSR count). The van der Waals surface area contributed by atoms with Crippen LogP contribution in [0.5, 0.6) is 0 Å². The molecule has 1 fully saturated rings. The smallest absolute Gasteiger partial charge is 0.134 e. The maximum atomic E-state index is 6.01. The number of fused-ring (bicyclic) bond motifs is 1. The number of nitrogens with two attached hydrogens (primary N) is 1. The van der Waals surface area contributed by atoms with Gasteiger partial charge in [-0.25, -0.2) is 0 Å². The van der Waals surface area contributed by atoms with E-state index in [4.69, 9.17) is 5.73 Å². The molecule has 0 spiro atoms.